The van der Waals surface area contributed by atoms with E-state index >= 15 is 0 Å². The van der Waals surface area contributed by atoms with Gasteiger partial charge in [-0.25, -0.2) is 0 Å². The minimum Gasteiger partial charge on any atom is -0.457 e. The van der Waals surface area contributed by atoms with Crippen LogP contribution < -0.4 is 10.5 Å². The zero-order chi connectivity index (χ0) is 13.7. The van der Waals surface area contributed by atoms with Crippen molar-refractivity contribution in [1.29, 1.82) is 0 Å². The molecule has 2 rings (SSSR count). The molecule has 0 bridgehead atoms. The highest BCUT2D eigenvalue weighted by molar-refractivity contribution is 7.98. The largest absolute Gasteiger partial charge is 0.457 e. The summed E-state index contributed by atoms with van der Waals surface area (Å²) < 4.78 is 5.85. The predicted molar refractivity (Wildman–Crippen MR) is 82.0 cm³/mol. The number of hydrogen-bond acceptors (Lipinski definition) is 3. The van der Waals surface area contributed by atoms with Gasteiger partial charge in [-0.15, -0.1) is 11.8 Å². The van der Waals surface area contributed by atoms with Crippen LogP contribution in [-0.2, 0) is 0 Å². The molecule has 0 radical (unpaired) electrons. The zero-order valence-corrected chi connectivity index (χ0v) is 12.1. The lowest BCUT2D eigenvalue weighted by atomic mass is 10.1. The van der Waals surface area contributed by atoms with Gasteiger partial charge >= 0.3 is 0 Å². The molecule has 0 amide bonds. The second-order valence-electron chi connectivity index (χ2n) is 4.36. The lowest BCUT2D eigenvalue weighted by Crippen LogP contribution is -2.08. The average molecular weight is 273 g/mol. The van der Waals surface area contributed by atoms with Crippen molar-refractivity contribution in [3.63, 3.8) is 0 Å². The third kappa shape index (κ3) is 3.75. The Bertz CT molecular complexity index is 525. The van der Waals surface area contributed by atoms with Gasteiger partial charge in [-0.3, -0.25) is 0 Å². The molecule has 0 heterocycles. The van der Waals surface area contributed by atoms with Gasteiger partial charge in [0.25, 0.3) is 0 Å². The Kier molecular flexibility index (Phi) is 4.88. The molecule has 2 aromatic carbocycles. The monoisotopic (exact) mass is 273 g/mol. The summed E-state index contributed by atoms with van der Waals surface area (Å²) in [5.74, 6) is 1.68. The fourth-order valence-corrected chi connectivity index (χ4v) is 2.23. The fourth-order valence-electron chi connectivity index (χ4n) is 1.82. The molecular formula is C16H19NOS. The van der Waals surface area contributed by atoms with E-state index in [1.807, 2.05) is 36.4 Å². The van der Waals surface area contributed by atoms with Crippen LogP contribution in [0.25, 0.3) is 0 Å². The topological polar surface area (TPSA) is 35.2 Å². The number of benzene rings is 2. The number of nitrogens with two attached hydrogens (primary N) is 1. The summed E-state index contributed by atoms with van der Waals surface area (Å²) in [5, 5.41) is 0. The van der Waals surface area contributed by atoms with Crippen LogP contribution in [0.15, 0.2) is 53.4 Å². The normalized spacial score (nSPS) is 12.2. The standard InChI is InChI=1S/C16H19NOS/c1-3-16(17)12-5-4-6-14(11-12)18-13-7-9-15(19-2)10-8-13/h4-11,16H,3,17H2,1-2H3. The Morgan fingerprint density at radius 3 is 2.47 bits per heavy atom. The predicted octanol–water partition coefficient (Wildman–Crippen LogP) is 4.61. The number of hydrogen-bond donors (Lipinski definition) is 1. The van der Waals surface area contributed by atoms with E-state index in [0.717, 1.165) is 23.5 Å². The van der Waals surface area contributed by atoms with E-state index in [4.69, 9.17) is 10.5 Å². The van der Waals surface area contributed by atoms with E-state index in [2.05, 4.69) is 25.3 Å². The maximum atomic E-state index is 6.04. The SMILES string of the molecule is CCC(N)c1cccc(Oc2ccc(SC)cc2)c1. The first-order valence-corrected chi connectivity index (χ1v) is 7.63. The third-order valence-electron chi connectivity index (χ3n) is 3.02. The highest BCUT2D eigenvalue weighted by Gasteiger charge is 2.05. The summed E-state index contributed by atoms with van der Waals surface area (Å²) in [6, 6.07) is 16.1. The van der Waals surface area contributed by atoms with Gasteiger partial charge in [-0.1, -0.05) is 19.1 Å². The maximum Gasteiger partial charge on any atom is 0.127 e. The lowest BCUT2D eigenvalue weighted by molar-refractivity contribution is 0.480. The molecule has 0 spiro atoms. The van der Waals surface area contributed by atoms with Crippen LogP contribution in [0.5, 0.6) is 11.5 Å². The van der Waals surface area contributed by atoms with Gasteiger partial charge in [0.05, 0.1) is 0 Å². The highest BCUT2D eigenvalue weighted by atomic mass is 32.2. The van der Waals surface area contributed by atoms with Crippen LogP contribution in [0, 0.1) is 0 Å². The molecule has 0 aliphatic rings. The minimum absolute atomic E-state index is 0.0717. The van der Waals surface area contributed by atoms with Gasteiger partial charge in [0.2, 0.25) is 0 Å². The van der Waals surface area contributed by atoms with Gasteiger partial charge in [0.1, 0.15) is 11.5 Å². The highest BCUT2D eigenvalue weighted by Crippen LogP contribution is 2.26. The Balaban J connectivity index is 2.13. The number of rotatable bonds is 5. The first-order chi connectivity index (χ1) is 9.22. The maximum absolute atomic E-state index is 6.04. The van der Waals surface area contributed by atoms with Gasteiger partial charge in [0, 0.05) is 10.9 Å². The molecule has 100 valence electrons. The smallest absolute Gasteiger partial charge is 0.127 e. The minimum atomic E-state index is 0.0717. The lowest BCUT2D eigenvalue weighted by Gasteiger charge is -2.11. The molecule has 0 saturated carbocycles. The van der Waals surface area contributed by atoms with Crippen LogP contribution in [0.4, 0.5) is 0 Å². The Hall–Kier alpha value is -1.45. The van der Waals surface area contributed by atoms with Gasteiger partial charge in [-0.05, 0) is 54.6 Å². The summed E-state index contributed by atoms with van der Waals surface area (Å²) in [5.41, 5.74) is 7.15. The first-order valence-electron chi connectivity index (χ1n) is 6.40. The van der Waals surface area contributed by atoms with Crippen molar-refractivity contribution >= 4 is 11.8 Å². The quantitative estimate of drug-likeness (QED) is 0.808. The van der Waals surface area contributed by atoms with Crippen molar-refractivity contribution in [1.82, 2.24) is 0 Å². The van der Waals surface area contributed by atoms with E-state index in [1.54, 1.807) is 11.8 Å². The molecule has 2 nitrogen and oxygen atoms in total. The first kappa shape index (κ1) is 14.0. The molecule has 0 aliphatic carbocycles. The van der Waals surface area contributed by atoms with Gasteiger partial charge < -0.3 is 10.5 Å². The second-order valence-corrected chi connectivity index (χ2v) is 5.24. The average Bonchev–Trinajstić information content (AvgIpc) is 2.47. The van der Waals surface area contributed by atoms with Crippen LogP contribution >= 0.6 is 11.8 Å². The molecule has 2 N–H and O–H groups in total. The molecule has 0 aromatic heterocycles. The van der Waals surface area contributed by atoms with E-state index in [9.17, 15) is 0 Å². The Morgan fingerprint density at radius 1 is 1.11 bits per heavy atom. The second kappa shape index (κ2) is 6.64. The van der Waals surface area contributed by atoms with E-state index < -0.39 is 0 Å². The molecule has 0 fully saturated rings. The summed E-state index contributed by atoms with van der Waals surface area (Å²) in [4.78, 5) is 1.23. The van der Waals surface area contributed by atoms with Crippen molar-refractivity contribution in [2.24, 2.45) is 5.73 Å². The van der Waals surface area contributed by atoms with Crippen LogP contribution in [0.1, 0.15) is 24.9 Å². The van der Waals surface area contributed by atoms with Gasteiger partial charge in [0.15, 0.2) is 0 Å². The van der Waals surface area contributed by atoms with Crippen LogP contribution in [0.2, 0.25) is 0 Å². The molecular weight excluding hydrogens is 254 g/mol. The molecule has 1 unspecified atom stereocenters. The molecule has 3 heteroatoms. The van der Waals surface area contributed by atoms with E-state index in [-0.39, 0.29) is 6.04 Å². The third-order valence-corrected chi connectivity index (χ3v) is 3.76. The van der Waals surface area contributed by atoms with Crippen molar-refractivity contribution in [2.45, 2.75) is 24.3 Å². The Labute approximate surface area is 119 Å². The molecule has 2 aromatic rings. The van der Waals surface area contributed by atoms with Crippen LogP contribution in [0.3, 0.4) is 0 Å². The molecule has 19 heavy (non-hydrogen) atoms. The fraction of sp³-hybridized carbons (Fsp3) is 0.250. The molecule has 0 saturated heterocycles. The van der Waals surface area contributed by atoms with Crippen molar-refractivity contribution in [2.75, 3.05) is 6.26 Å². The number of thioether (sulfide) groups is 1. The summed E-state index contributed by atoms with van der Waals surface area (Å²) in [6.45, 7) is 2.08. The van der Waals surface area contributed by atoms with Crippen LogP contribution in [-0.4, -0.2) is 6.26 Å². The summed E-state index contributed by atoms with van der Waals surface area (Å²) in [7, 11) is 0. The van der Waals surface area contributed by atoms with Crippen molar-refractivity contribution in [3.05, 3.63) is 54.1 Å². The molecule has 0 aliphatic heterocycles. The van der Waals surface area contributed by atoms with Crippen molar-refractivity contribution < 1.29 is 4.74 Å². The van der Waals surface area contributed by atoms with E-state index in [1.165, 1.54) is 4.90 Å². The van der Waals surface area contributed by atoms with Crippen molar-refractivity contribution in [3.8, 4) is 11.5 Å². The van der Waals surface area contributed by atoms with E-state index in [0.29, 0.717) is 0 Å². The zero-order valence-electron chi connectivity index (χ0n) is 11.3. The Morgan fingerprint density at radius 2 is 1.84 bits per heavy atom. The molecule has 1 atom stereocenters. The summed E-state index contributed by atoms with van der Waals surface area (Å²) >= 11 is 1.72. The summed E-state index contributed by atoms with van der Waals surface area (Å²) in [6.07, 6.45) is 2.98. The number of ether oxygens (including phenoxy) is 1. The van der Waals surface area contributed by atoms with Gasteiger partial charge in [-0.2, -0.15) is 0 Å².